The Morgan fingerprint density at radius 3 is 2.71 bits per heavy atom. The molecular weight excluding hydrogens is 216 g/mol. The minimum atomic E-state index is 0.119. The summed E-state index contributed by atoms with van der Waals surface area (Å²) in [4.78, 5) is 16.4. The largest absolute Gasteiger partial charge is 0.369 e. The van der Waals surface area contributed by atoms with Crippen LogP contribution in [0.5, 0.6) is 0 Å². The Morgan fingerprint density at radius 1 is 1.41 bits per heavy atom. The van der Waals surface area contributed by atoms with E-state index in [1.54, 1.807) is 0 Å². The first-order valence-corrected chi connectivity index (χ1v) is 6.64. The molecule has 1 unspecified atom stereocenters. The van der Waals surface area contributed by atoms with E-state index in [0.29, 0.717) is 6.04 Å². The van der Waals surface area contributed by atoms with Crippen molar-refractivity contribution in [1.29, 1.82) is 0 Å². The number of carbonyl (C=O) groups is 1. The Hall–Kier alpha value is -0.610. The molecule has 0 aromatic carbocycles. The van der Waals surface area contributed by atoms with Crippen molar-refractivity contribution in [2.45, 2.75) is 45.8 Å². The van der Waals surface area contributed by atoms with Crippen LogP contribution in [0.3, 0.4) is 0 Å². The van der Waals surface area contributed by atoms with Crippen LogP contribution in [0, 0.1) is 0 Å². The molecule has 0 saturated carbocycles. The van der Waals surface area contributed by atoms with Gasteiger partial charge in [-0.2, -0.15) is 0 Å². The lowest BCUT2D eigenvalue weighted by Crippen LogP contribution is -2.45. The third-order valence-electron chi connectivity index (χ3n) is 3.23. The van der Waals surface area contributed by atoms with Crippen molar-refractivity contribution in [3.8, 4) is 0 Å². The molecule has 1 amide bonds. The van der Waals surface area contributed by atoms with Crippen LogP contribution in [0.1, 0.15) is 33.6 Å². The van der Waals surface area contributed by atoms with Crippen molar-refractivity contribution in [3.05, 3.63) is 0 Å². The fourth-order valence-corrected chi connectivity index (χ4v) is 2.24. The van der Waals surface area contributed by atoms with Gasteiger partial charge < -0.3 is 14.5 Å². The number of nitrogens with zero attached hydrogens (tertiary/aromatic N) is 2. The lowest BCUT2D eigenvalue weighted by molar-refractivity contribution is -0.139. The molecule has 0 aliphatic carbocycles. The second kappa shape index (κ2) is 6.97. The van der Waals surface area contributed by atoms with E-state index in [4.69, 9.17) is 4.74 Å². The number of rotatable bonds is 4. The number of hydrogen-bond acceptors (Lipinski definition) is 3. The fraction of sp³-hybridized carbons (Fsp3) is 0.923. The van der Waals surface area contributed by atoms with Crippen molar-refractivity contribution in [2.75, 3.05) is 33.3 Å². The first-order valence-electron chi connectivity index (χ1n) is 6.64. The van der Waals surface area contributed by atoms with Crippen molar-refractivity contribution >= 4 is 5.91 Å². The van der Waals surface area contributed by atoms with Gasteiger partial charge in [0.05, 0.1) is 6.10 Å². The first-order chi connectivity index (χ1) is 8.04. The molecule has 1 heterocycles. The molecule has 1 fully saturated rings. The Bertz CT molecular complexity index is 244. The molecule has 0 bridgehead atoms. The van der Waals surface area contributed by atoms with E-state index in [0.717, 1.165) is 32.5 Å². The summed E-state index contributed by atoms with van der Waals surface area (Å²) in [6.45, 7) is 9.20. The third kappa shape index (κ3) is 4.64. The highest BCUT2D eigenvalue weighted by Gasteiger charge is 2.25. The lowest BCUT2D eigenvalue weighted by Gasteiger charge is -2.30. The van der Waals surface area contributed by atoms with Crippen LogP contribution in [0.2, 0.25) is 0 Å². The van der Waals surface area contributed by atoms with Crippen molar-refractivity contribution < 1.29 is 9.53 Å². The molecule has 1 aliphatic rings. The molecule has 17 heavy (non-hydrogen) atoms. The van der Waals surface area contributed by atoms with E-state index in [-0.39, 0.29) is 18.6 Å². The smallest absolute Gasteiger partial charge is 0.248 e. The van der Waals surface area contributed by atoms with Gasteiger partial charge in [-0.05, 0) is 40.3 Å². The topological polar surface area (TPSA) is 32.8 Å². The van der Waals surface area contributed by atoms with Crippen LogP contribution in [-0.2, 0) is 9.53 Å². The third-order valence-corrected chi connectivity index (χ3v) is 3.23. The Labute approximate surface area is 105 Å². The molecule has 1 atom stereocenters. The molecule has 0 spiro atoms. The van der Waals surface area contributed by atoms with Crippen LogP contribution in [0.15, 0.2) is 0 Å². The number of amides is 1. The van der Waals surface area contributed by atoms with Gasteiger partial charge in [-0.1, -0.05) is 6.92 Å². The van der Waals surface area contributed by atoms with Crippen LogP contribution >= 0.6 is 0 Å². The summed E-state index contributed by atoms with van der Waals surface area (Å²) >= 11 is 0. The number of hydrogen-bond donors (Lipinski definition) is 0. The van der Waals surface area contributed by atoms with Gasteiger partial charge in [0, 0.05) is 19.1 Å². The van der Waals surface area contributed by atoms with E-state index < -0.39 is 0 Å². The highest BCUT2D eigenvalue weighted by molar-refractivity contribution is 5.77. The monoisotopic (exact) mass is 242 g/mol. The molecule has 0 aromatic rings. The van der Waals surface area contributed by atoms with Gasteiger partial charge in [0.2, 0.25) is 5.91 Å². The zero-order valence-corrected chi connectivity index (χ0v) is 11.6. The molecular formula is C13H26N2O2. The van der Waals surface area contributed by atoms with Gasteiger partial charge in [0.25, 0.3) is 0 Å². The van der Waals surface area contributed by atoms with Gasteiger partial charge >= 0.3 is 0 Å². The average Bonchev–Trinajstić information content (AvgIpc) is 2.47. The maximum absolute atomic E-state index is 12.1. The summed E-state index contributed by atoms with van der Waals surface area (Å²) in [5, 5.41) is 0. The maximum Gasteiger partial charge on any atom is 0.248 e. The Kier molecular flexibility index (Phi) is 5.92. The molecule has 1 saturated heterocycles. The predicted molar refractivity (Wildman–Crippen MR) is 69.0 cm³/mol. The van der Waals surface area contributed by atoms with Gasteiger partial charge in [-0.15, -0.1) is 0 Å². The van der Waals surface area contributed by atoms with Gasteiger partial charge in [0.1, 0.15) is 6.61 Å². The average molecular weight is 242 g/mol. The molecule has 100 valence electrons. The zero-order valence-electron chi connectivity index (χ0n) is 11.6. The van der Waals surface area contributed by atoms with E-state index in [1.165, 1.54) is 0 Å². The Morgan fingerprint density at radius 2 is 2.12 bits per heavy atom. The second-order valence-corrected chi connectivity index (χ2v) is 5.12. The van der Waals surface area contributed by atoms with Crippen LogP contribution < -0.4 is 0 Å². The highest BCUT2D eigenvalue weighted by atomic mass is 16.5. The minimum Gasteiger partial charge on any atom is -0.369 e. The predicted octanol–water partition coefficient (Wildman–Crippen LogP) is 1.35. The van der Waals surface area contributed by atoms with E-state index >= 15 is 0 Å². The summed E-state index contributed by atoms with van der Waals surface area (Å²) in [5.74, 6) is 0.140. The van der Waals surface area contributed by atoms with Crippen LogP contribution in [0.25, 0.3) is 0 Å². The van der Waals surface area contributed by atoms with Crippen LogP contribution in [-0.4, -0.2) is 61.1 Å². The summed E-state index contributed by atoms with van der Waals surface area (Å²) in [6, 6.07) is 0.339. The van der Waals surface area contributed by atoms with Gasteiger partial charge in [-0.3, -0.25) is 4.79 Å². The first kappa shape index (κ1) is 14.5. The highest BCUT2D eigenvalue weighted by Crippen LogP contribution is 2.12. The Balaban J connectivity index is 2.55. The molecule has 0 aromatic heterocycles. The standard InChI is InChI=1S/C13H26N2O2/c1-5-12-9-14(4)7-6-8-15(12)13(16)10-17-11(2)3/h11-12H,5-10H2,1-4H3. The van der Waals surface area contributed by atoms with E-state index in [9.17, 15) is 4.79 Å². The van der Waals surface area contributed by atoms with Crippen LogP contribution in [0.4, 0.5) is 0 Å². The molecule has 0 radical (unpaired) electrons. The minimum absolute atomic E-state index is 0.119. The molecule has 0 N–H and O–H groups in total. The molecule has 1 rings (SSSR count). The quantitative estimate of drug-likeness (QED) is 0.746. The number of carbonyl (C=O) groups excluding carboxylic acids is 1. The van der Waals surface area contributed by atoms with Crippen molar-refractivity contribution in [2.24, 2.45) is 0 Å². The van der Waals surface area contributed by atoms with Crippen molar-refractivity contribution in [1.82, 2.24) is 9.80 Å². The van der Waals surface area contributed by atoms with Gasteiger partial charge in [0.15, 0.2) is 0 Å². The lowest BCUT2D eigenvalue weighted by atomic mass is 10.2. The second-order valence-electron chi connectivity index (χ2n) is 5.12. The van der Waals surface area contributed by atoms with E-state index in [1.807, 2.05) is 18.7 Å². The number of likely N-dealkylation sites (N-methyl/N-ethyl adjacent to an activating group) is 1. The summed E-state index contributed by atoms with van der Waals surface area (Å²) in [5.41, 5.74) is 0. The van der Waals surface area contributed by atoms with Crippen molar-refractivity contribution in [3.63, 3.8) is 0 Å². The fourth-order valence-electron chi connectivity index (χ4n) is 2.24. The summed E-state index contributed by atoms with van der Waals surface area (Å²) in [7, 11) is 2.13. The molecule has 4 nitrogen and oxygen atoms in total. The maximum atomic E-state index is 12.1. The SMILES string of the molecule is CCC1CN(C)CCCN1C(=O)COC(C)C. The van der Waals surface area contributed by atoms with Gasteiger partial charge in [-0.25, -0.2) is 0 Å². The zero-order chi connectivity index (χ0) is 12.8. The molecule has 1 aliphatic heterocycles. The number of ether oxygens (including phenoxy) is 1. The summed E-state index contributed by atoms with van der Waals surface area (Å²) in [6.07, 6.45) is 2.19. The van der Waals surface area contributed by atoms with E-state index in [2.05, 4.69) is 18.9 Å². The summed E-state index contributed by atoms with van der Waals surface area (Å²) < 4.78 is 5.41. The normalized spacial score (nSPS) is 22.9. The molecule has 4 heteroatoms.